The van der Waals surface area contributed by atoms with E-state index < -0.39 is 0 Å². The molecule has 5 heterocycles. The topological polar surface area (TPSA) is 91.0 Å². The maximum Gasteiger partial charge on any atom is 0.256 e. The summed E-state index contributed by atoms with van der Waals surface area (Å²) in [5.41, 5.74) is 3.93. The molecule has 1 aromatic carbocycles. The lowest BCUT2D eigenvalue weighted by atomic mass is 10.1. The van der Waals surface area contributed by atoms with Gasteiger partial charge >= 0.3 is 0 Å². The number of para-hydroxylation sites is 1. The Balaban J connectivity index is 1.52. The van der Waals surface area contributed by atoms with E-state index in [9.17, 15) is 4.79 Å². The highest BCUT2D eigenvalue weighted by molar-refractivity contribution is 7.24. The van der Waals surface area contributed by atoms with Crippen molar-refractivity contribution in [1.82, 2.24) is 29.6 Å². The zero-order valence-corrected chi connectivity index (χ0v) is 22.6. The highest BCUT2D eigenvalue weighted by Gasteiger charge is 2.22. The zero-order valence-electron chi connectivity index (χ0n) is 21.8. The van der Waals surface area contributed by atoms with Gasteiger partial charge in [0.25, 0.3) is 5.91 Å². The number of amides is 1. The third kappa shape index (κ3) is 4.39. The summed E-state index contributed by atoms with van der Waals surface area (Å²) >= 11 is 1.58. The molecular weight excluding hydrogens is 496 g/mol. The number of hydrogen-bond acceptors (Lipinski definition) is 8. The van der Waals surface area contributed by atoms with Crippen LogP contribution < -0.4 is 15.6 Å². The minimum atomic E-state index is -0.196. The summed E-state index contributed by atoms with van der Waals surface area (Å²) < 4.78 is 3.21. The summed E-state index contributed by atoms with van der Waals surface area (Å²) in [5.74, 6) is 0.757. The molecule has 0 unspecified atom stereocenters. The molecule has 5 aromatic rings. The zero-order chi connectivity index (χ0) is 26.2. The molecule has 4 aromatic heterocycles. The van der Waals surface area contributed by atoms with Crippen LogP contribution in [0, 0.1) is 6.92 Å². The van der Waals surface area contributed by atoms with Gasteiger partial charge in [-0.25, -0.2) is 4.98 Å². The fourth-order valence-corrected chi connectivity index (χ4v) is 6.23. The first kappa shape index (κ1) is 24.4. The molecule has 1 aliphatic heterocycles. The van der Waals surface area contributed by atoms with Crippen LogP contribution in [-0.2, 0) is 6.54 Å². The van der Waals surface area contributed by atoms with E-state index in [1.165, 1.54) is 0 Å². The molecule has 38 heavy (non-hydrogen) atoms. The van der Waals surface area contributed by atoms with E-state index in [0.717, 1.165) is 70.2 Å². The van der Waals surface area contributed by atoms with Crippen LogP contribution in [0.25, 0.3) is 26.1 Å². The van der Waals surface area contributed by atoms with Gasteiger partial charge in [-0.15, -0.1) is 11.3 Å². The number of rotatable bonds is 4. The lowest BCUT2D eigenvalue weighted by Crippen LogP contribution is -2.31. The summed E-state index contributed by atoms with van der Waals surface area (Å²) in [6.45, 7) is 6.16. The number of aromatic nitrogens is 4. The minimum Gasteiger partial charge on any atom is -0.355 e. The third-order valence-electron chi connectivity index (χ3n) is 7.05. The molecule has 0 radical (unpaired) electrons. The highest BCUT2D eigenvalue weighted by atomic mass is 32.1. The number of pyridine rings is 2. The second-order valence-corrected chi connectivity index (χ2v) is 10.7. The molecule has 9 nitrogen and oxygen atoms in total. The first-order chi connectivity index (χ1) is 18.5. The lowest BCUT2D eigenvalue weighted by molar-refractivity contribution is 0.0950. The van der Waals surface area contributed by atoms with Crippen molar-refractivity contribution >= 4 is 49.1 Å². The van der Waals surface area contributed by atoms with Crippen molar-refractivity contribution in [3.05, 3.63) is 71.1 Å². The van der Waals surface area contributed by atoms with Crippen LogP contribution in [0.5, 0.6) is 0 Å². The van der Waals surface area contributed by atoms with Gasteiger partial charge in [0.15, 0.2) is 0 Å². The molecule has 0 bridgehead atoms. The van der Waals surface area contributed by atoms with Crippen molar-refractivity contribution in [2.45, 2.75) is 19.9 Å². The van der Waals surface area contributed by atoms with Gasteiger partial charge in [0.05, 0.1) is 45.3 Å². The van der Waals surface area contributed by atoms with Crippen LogP contribution >= 0.6 is 11.3 Å². The fraction of sp³-hybridized carbons (Fsp3) is 0.321. The van der Waals surface area contributed by atoms with E-state index in [1.54, 1.807) is 30.8 Å². The molecule has 1 amide bonds. The first-order valence-corrected chi connectivity index (χ1v) is 13.6. The van der Waals surface area contributed by atoms with Gasteiger partial charge in [0.1, 0.15) is 16.3 Å². The molecule has 1 fully saturated rings. The second-order valence-electron chi connectivity index (χ2n) is 9.67. The number of nitrogens with zero attached hydrogens (tertiary/aromatic N) is 7. The monoisotopic (exact) mass is 526 g/mol. The number of anilines is 1. The fourth-order valence-electron chi connectivity index (χ4n) is 5.05. The maximum atomic E-state index is 13.7. The number of carbonyl (C=O) groups is 1. The molecule has 0 aliphatic carbocycles. The Labute approximate surface area is 224 Å². The van der Waals surface area contributed by atoms with Gasteiger partial charge in [-0.2, -0.15) is 0 Å². The van der Waals surface area contributed by atoms with Crippen LogP contribution in [0.15, 0.2) is 53.8 Å². The predicted molar refractivity (Wildman–Crippen MR) is 152 cm³/mol. The summed E-state index contributed by atoms with van der Waals surface area (Å²) in [4.78, 5) is 37.7. The van der Waals surface area contributed by atoms with Crippen molar-refractivity contribution in [2.75, 3.05) is 45.2 Å². The number of benzene rings is 1. The molecular formula is C28H30N8OS. The Morgan fingerprint density at radius 2 is 1.95 bits per heavy atom. The van der Waals surface area contributed by atoms with E-state index >= 15 is 0 Å². The Morgan fingerprint density at radius 1 is 1.08 bits per heavy atom. The number of hydrogen-bond donors (Lipinski definition) is 1. The van der Waals surface area contributed by atoms with E-state index in [0.29, 0.717) is 16.6 Å². The number of nitrogens with one attached hydrogen (secondary N) is 1. The SMILES string of the molecule is C/N=c1\c(C(=O)NCc2cnc(C)cn2)c2sc3ccccc3n2c2nc(N3CCCN(C)CC3)ccc12. The van der Waals surface area contributed by atoms with Crippen LogP contribution in [-0.4, -0.2) is 70.4 Å². The largest absolute Gasteiger partial charge is 0.355 e. The Bertz CT molecular complexity index is 1720. The van der Waals surface area contributed by atoms with Crippen LogP contribution in [0.4, 0.5) is 5.82 Å². The average molecular weight is 527 g/mol. The molecule has 0 atom stereocenters. The second kappa shape index (κ2) is 10.1. The molecule has 0 saturated carbocycles. The van der Waals surface area contributed by atoms with Crippen molar-refractivity contribution < 1.29 is 4.79 Å². The van der Waals surface area contributed by atoms with Crippen molar-refractivity contribution in [1.29, 1.82) is 0 Å². The molecule has 1 N–H and O–H groups in total. The Hall–Kier alpha value is -3.89. The molecule has 1 saturated heterocycles. The van der Waals surface area contributed by atoms with Crippen molar-refractivity contribution in [2.24, 2.45) is 4.99 Å². The van der Waals surface area contributed by atoms with Gasteiger partial charge in [-0.05, 0) is 51.2 Å². The summed E-state index contributed by atoms with van der Waals surface area (Å²) in [5, 5.41) is 4.54. The van der Waals surface area contributed by atoms with Crippen molar-refractivity contribution in [3.63, 3.8) is 0 Å². The summed E-state index contributed by atoms with van der Waals surface area (Å²) in [6.07, 6.45) is 4.49. The normalized spacial score (nSPS) is 15.4. The summed E-state index contributed by atoms with van der Waals surface area (Å²) in [7, 11) is 3.90. The lowest BCUT2D eigenvalue weighted by Gasteiger charge is -2.22. The first-order valence-electron chi connectivity index (χ1n) is 12.8. The van der Waals surface area contributed by atoms with Crippen LogP contribution in [0.3, 0.4) is 0 Å². The number of aryl methyl sites for hydroxylation is 1. The van der Waals surface area contributed by atoms with Gasteiger partial charge in [0, 0.05) is 38.3 Å². The molecule has 10 heteroatoms. The molecule has 1 aliphatic rings. The minimum absolute atomic E-state index is 0.196. The van der Waals surface area contributed by atoms with Crippen LogP contribution in [0.2, 0.25) is 0 Å². The predicted octanol–water partition coefficient (Wildman–Crippen LogP) is 3.40. The van der Waals surface area contributed by atoms with Crippen LogP contribution in [0.1, 0.15) is 28.2 Å². The van der Waals surface area contributed by atoms with Gasteiger partial charge in [0.2, 0.25) is 0 Å². The smallest absolute Gasteiger partial charge is 0.256 e. The third-order valence-corrected chi connectivity index (χ3v) is 8.20. The van der Waals surface area contributed by atoms with Gasteiger partial charge in [-0.1, -0.05) is 12.1 Å². The number of fused-ring (bicyclic) bond motifs is 5. The van der Waals surface area contributed by atoms with Gasteiger partial charge < -0.3 is 15.1 Å². The number of carbonyl (C=O) groups excluding carboxylic acids is 1. The average Bonchev–Trinajstić information content (AvgIpc) is 3.19. The molecule has 194 valence electrons. The molecule has 6 rings (SSSR count). The molecule has 0 spiro atoms. The standard InChI is InChI=1S/C28H30N8OS/c1-18-15-31-19(16-30-18)17-32-27(37)24-25(29-2)20-9-10-23(35-12-6-11-34(3)13-14-35)33-26(20)36-21-7-4-5-8-22(21)38-28(24)36/h4-5,7-10,15-16H,6,11-14,17H2,1-3H3,(H,32,37)/b29-25-. The quantitative estimate of drug-likeness (QED) is 0.386. The van der Waals surface area contributed by atoms with Crippen molar-refractivity contribution in [3.8, 4) is 0 Å². The highest BCUT2D eigenvalue weighted by Crippen LogP contribution is 2.31. The van der Waals surface area contributed by atoms with E-state index in [4.69, 9.17) is 4.98 Å². The van der Waals surface area contributed by atoms with Gasteiger partial charge in [-0.3, -0.25) is 24.2 Å². The summed E-state index contributed by atoms with van der Waals surface area (Å²) in [6, 6.07) is 12.3. The van der Waals surface area contributed by atoms with E-state index in [-0.39, 0.29) is 12.5 Å². The Morgan fingerprint density at radius 3 is 2.76 bits per heavy atom. The number of thiazole rings is 1. The number of likely N-dealkylation sites (N-methyl/N-ethyl adjacent to an activating group) is 1. The Kier molecular flexibility index (Phi) is 6.50. The van der Waals surface area contributed by atoms with E-state index in [2.05, 4.69) is 65.8 Å². The van der Waals surface area contributed by atoms with E-state index in [1.807, 2.05) is 19.1 Å². The maximum absolute atomic E-state index is 13.7.